The summed E-state index contributed by atoms with van der Waals surface area (Å²) in [5, 5.41) is 5.20. The maximum absolute atomic E-state index is 13.1. The van der Waals surface area contributed by atoms with Crippen LogP contribution in [0.1, 0.15) is 19.3 Å². The van der Waals surface area contributed by atoms with Gasteiger partial charge in [0.05, 0.1) is 70.2 Å². The van der Waals surface area contributed by atoms with E-state index >= 15 is 0 Å². The van der Waals surface area contributed by atoms with E-state index in [0.29, 0.717) is 77.2 Å². The minimum absolute atomic E-state index is 0.0843. The average molecular weight is 709 g/mol. The monoisotopic (exact) mass is 708 g/mol. The van der Waals surface area contributed by atoms with Gasteiger partial charge in [-0.15, -0.1) is 0 Å². The van der Waals surface area contributed by atoms with Crippen molar-refractivity contribution in [1.82, 2.24) is 0 Å². The van der Waals surface area contributed by atoms with Crippen molar-refractivity contribution in [3.05, 3.63) is 66.7 Å². The first-order valence-corrected chi connectivity index (χ1v) is 17.9. The topological polar surface area (TPSA) is 112 Å². The van der Waals surface area contributed by atoms with Crippen LogP contribution in [-0.2, 0) is 4.79 Å². The third-order valence-corrected chi connectivity index (χ3v) is 13.0. The van der Waals surface area contributed by atoms with Crippen LogP contribution in [0.2, 0.25) is 0 Å². The number of anilines is 1. The highest BCUT2D eigenvalue weighted by Crippen LogP contribution is 2.66. The summed E-state index contributed by atoms with van der Waals surface area (Å²) in [6, 6.07) is 20.3. The lowest BCUT2D eigenvalue weighted by molar-refractivity contribution is -0.116. The average Bonchev–Trinajstić information content (AvgIpc) is 3.16. The Bertz CT molecular complexity index is 1520. The lowest BCUT2D eigenvalue weighted by Gasteiger charge is -2.33. The number of unbranched alkanes of at least 4 members (excludes halogenated alkanes) is 1. The van der Waals surface area contributed by atoms with E-state index in [-0.39, 0.29) is 5.91 Å². The van der Waals surface area contributed by atoms with Gasteiger partial charge >= 0.3 is 0 Å². The molecular formula is C38H47NO10P+. The molecular weight excluding hydrogens is 661 g/mol. The van der Waals surface area contributed by atoms with Gasteiger partial charge < -0.3 is 47.9 Å². The van der Waals surface area contributed by atoms with Gasteiger partial charge in [-0.1, -0.05) is 18.2 Å². The number of hydrogen-bond donors (Lipinski definition) is 1. The third-order valence-electron chi connectivity index (χ3n) is 8.42. The summed E-state index contributed by atoms with van der Waals surface area (Å²) in [6.07, 6.45) is 1.93. The molecule has 268 valence electrons. The Labute approximate surface area is 295 Å². The molecule has 0 aliphatic rings. The molecule has 0 unspecified atom stereocenters. The molecule has 1 amide bonds. The summed E-state index contributed by atoms with van der Waals surface area (Å²) in [4.78, 5) is 13.1. The highest BCUT2D eigenvalue weighted by molar-refractivity contribution is 7.96. The van der Waals surface area contributed by atoms with Gasteiger partial charge in [0.15, 0.2) is 50.4 Å². The molecule has 11 nitrogen and oxygen atoms in total. The van der Waals surface area contributed by atoms with Crippen molar-refractivity contribution in [3.8, 4) is 51.7 Å². The van der Waals surface area contributed by atoms with Crippen LogP contribution in [0.5, 0.6) is 51.7 Å². The summed E-state index contributed by atoms with van der Waals surface area (Å²) in [7, 11) is 11.2. The second kappa shape index (κ2) is 17.6. The Morgan fingerprint density at radius 2 is 0.840 bits per heavy atom. The summed E-state index contributed by atoms with van der Waals surface area (Å²) >= 11 is 0. The van der Waals surface area contributed by atoms with E-state index in [2.05, 4.69) is 5.32 Å². The van der Waals surface area contributed by atoms with Crippen LogP contribution in [0.15, 0.2) is 66.7 Å². The first-order chi connectivity index (χ1) is 24.3. The molecule has 0 saturated carbocycles. The number of amides is 1. The lowest BCUT2D eigenvalue weighted by atomic mass is 10.2. The Hall–Kier alpha value is -5.02. The molecule has 0 fully saturated rings. The van der Waals surface area contributed by atoms with Gasteiger partial charge in [0.2, 0.25) is 5.91 Å². The molecule has 0 spiro atoms. The maximum Gasteiger partial charge on any atom is 0.224 e. The molecule has 50 heavy (non-hydrogen) atoms. The van der Waals surface area contributed by atoms with Crippen LogP contribution >= 0.6 is 7.26 Å². The third kappa shape index (κ3) is 7.73. The largest absolute Gasteiger partial charge is 0.496 e. The lowest BCUT2D eigenvalue weighted by Crippen LogP contribution is -2.38. The SMILES string of the molecule is COc1cc(OC)c([P+](CCCCC(=O)Nc2ccccc2)(c2c(OC)cc(OC)cc2OC)c2c(OC)cc(OC)cc2OC)c(OC)c1. The van der Waals surface area contributed by atoms with Crippen LogP contribution in [0.25, 0.3) is 0 Å². The molecule has 0 atom stereocenters. The molecule has 0 bridgehead atoms. The van der Waals surface area contributed by atoms with E-state index in [0.717, 1.165) is 21.6 Å². The van der Waals surface area contributed by atoms with Gasteiger partial charge in [-0.3, -0.25) is 4.79 Å². The van der Waals surface area contributed by atoms with E-state index < -0.39 is 7.26 Å². The van der Waals surface area contributed by atoms with Crippen molar-refractivity contribution >= 4 is 34.8 Å². The van der Waals surface area contributed by atoms with Crippen LogP contribution in [0, 0.1) is 0 Å². The highest BCUT2D eigenvalue weighted by atomic mass is 31.2. The first kappa shape index (κ1) is 37.8. The molecule has 4 aromatic rings. The Kier molecular flexibility index (Phi) is 13.3. The second-order valence-corrected chi connectivity index (χ2v) is 14.5. The van der Waals surface area contributed by atoms with E-state index in [1.165, 1.54) is 0 Å². The highest BCUT2D eigenvalue weighted by Gasteiger charge is 2.57. The molecule has 0 heterocycles. The zero-order valence-corrected chi connectivity index (χ0v) is 31.1. The number of hydrogen-bond acceptors (Lipinski definition) is 10. The zero-order valence-electron chi connectivity index (χ0n) is 30.2. The van der Waals surface area contributed by atoms with Crippen molar-refractivity contribution in [2.75, 3.05) is 75.5 Å². The van der Waals surface area contributed by atoms with Gasteiger partial charge in [0.25, 0.3) is 0 Å². The quantitative estimate of drug-likeness (QED) is 0.0996. The van der Waals surface area contributed by atoms with Crippen molar-refractivity contribution < 1.29 is 47.4 Å². The van der Waals surface area contributed by atoms with E-state index in [1.807, 2.05) is 66.7 Å². The summed E-state index contributed by atoms with van der Waals surface area (Å²) in [6.45, 7) is 0. The summed E-state index contributed by atoms with van der Waals surface area (Å²) < 4.78 is 54.0. The molecule has 0 saturated heterocycles. The van der Waals surface area contributed by atoms with Crippen LogP contribution in [-0.4, -0.2) is 76.1 Å². The maximum atomic E-state index is 13.1. The number of nitrogens with one attached hydrogen (secondary N) is 1. The fraction of sp³-hybridized carbons (Fsp3) is 0.342. The van der Waals surface area contributed by atoms with Crippen molar-refractivity contribution in [1.29, 1.82) is 0 Å². The Morgan fingerprint density at radius 1 is 0.500 bits per heavy atom. The van der Waals surface area contributed by atoms with Crippen LogP contribution in [0.3, 0.4) is 0 Å². The van der Waals surface area contributed by atoms with Gasteiger partial charge in [0.1, 0.15) is 24.5 Å². The Morgan fingerprint density at radius 3 is 1.14 bits per heavy atom. The summed E-state index contributed by atoms with van der Waals surface area (Å²) in [5.41, 5.74) is 0.743. The number of carbonyl (C=O) groups excluding carboxylic acids is 1. The number of ether oxygens (including phenoxy) is 9. The van der Waals surface area contributed by atoms with Crippen molar-refractivity contribution in [2.24, 2.45) is 0 Å². The molecule has 0 aliphatic heterocycles. The van der Waals surface area contributed by atoms with Gasteiger partial charge in [-0.05, 0) is 25.0 Å². The minimum atomic E-state index is -3.14. The van der Waals surface area contributed by atoms with Gasteiger partial charge in [-0.25, -0.2) is 0 Å². The number of carbonyl (C=O) groups is 1. The van der Waals surface area contributed by atoms with E-state index in [1.54, 1.807) is 64.0 Å². The van der Waals surface area contributed by atoms with Crippen LogP contribution < -0.4 is 63.9 Å². The number of para-hydroxylation sites is 1. The fourth-order valence-corrected chi connectivity index (χ4v) is 11.4. The smallest absolute Gasteiger partial charge is 0.224 e. The molecule has 0 aromatic heterocycles. The molecule has 1 N–H and O–H groups in total. The zero-order chi connectivity index (χ0) is 36.3. The van der Waals surface area contributed by atoms with Crippen molar-refractivity contribution in [3.63, 3.8) is 0 Å². The normalized spacial score (nSPS) is 10.9. The molecule has 4 aromatic carbocycles. The Balaban J connectivity index is 2.11. The standard InChI is InChI=1S/C38H46NO10P/c1-41-26-19-29(44-4)36(30(20-26)45-5)50(37-31(46-6)21-27(42-2)22-32(37)47-7,38-33(48-8)23-28(43-3)24-34(38)49-9)18-14-13-17-35(40)39-25-15-11-10-12-16-25/h10-12,15-16,19-24H,13-14,17-18H2,1-9H3/p+1. The molecule has 4 rings (SSSR count). The molecule has 12 heteroatoms. The van der Waals surface area contributed by atoms with Crippen molar-refractivity contribution in [2.45, 2.75) is 19.3 Å². The molecule has 0 radical (unpaired) electrons. The minimum Gasteiger partial charge on any atom is -0.496 e. The predicted octanol–water partition coefficient (Wildman–Crippen LogP) is 5.87. The van der Waals surface area contributed by atoms with Crippen LogP contribution in [0.4, 0.5) is 5.69 Å². The van der Waals surface area contributed by atoms with E-state index in [9.17, 15) is 4.79 Å². The van der Waals surface area contributed by atoms with Gasteiger partial charge in [0, 0.05) is 48.5 Å². The summed E-state index contributed by atoms with van der Waals surface area (Å²) in [5.74, 6) is 4.60. The second-order valence-electron chi connectivity index (χ2n) is 11.0. The van der Waals surface area contributed by atoms with Gasteiger partial charge in [-0.2, -0.15) is 0 Å². The molecule has 0 aliphatic carbocycles. The number of methoxy groups -OCH3 is 9. The fourth-order valence-electron chi connectivity index (χ4n) is 6.14. The number of benzene rings is 4. The first-order valence-electron chi connectivity index (χ1n) is 15.9. The number of rotatable bonds is 18. The van der Waals surface area contributed by atoms with E-state index in [4.69, 9.17) is 42.6 Å². The predicted molar refractivity (Wildman–Crippen MR) is 198 cm³/mol.